The van der Waals surface area contributed by atoms with E-state index in [0.717, 1.165) is 0 Å². The summed E-state index contributed by atoms with van der Waals surface area (Å²) in [6.07, 6.45) is -4.69. The first kappa shape index (κ1) is 15.7. The van der Waals surface area contributed by atoms with E-state index >= 15 is 0 Å². The minimum Gasteiger partial charge on any atom is -0.465 e. The van der Waals surface area contributed by atoms with Gasteiger partial charge in [-0.3, -0.25) is 0 Å². The fourth-order valence-corrected chi connectivity index (χ4v) is 1.90. The number of halogens is 3. The zero-order chi connectivity index (χ0) is 17.3. The molecule has 0 bridgehead atoms. The summed E-state index contributed by atoms with van der Waals surface area (Å²) in [4.78, 5) is 11.3. The number of carbonyl (C=O) groups is 1. The standard InChI is InChI=1S/C14H9F3N4O3/c1-23-12(22)8-2-4-9(5-3-8)24-11-7-6-10-18-19-13(14(15,16)17)21(10)20-11/h2-7H,1H3. The summed E-state index contributed by atoms with van der Waals surface area (Å²) in [5, 5.41) is 10.2. The lowest BCUT2D eigenvalue weighted by Gasteiger charge is -2.07. The number of rotatable bonds is 3. The predicted octanol–water partition coefficient (Wildman–Crippen LogP) is 2.72. The molecule has 0 saturated carbocycles. The zero-order valence-electron chi connectivity index (χ0n) is 12.1. The number of alkyl halides is 3. The Morgan fingerprint density at radius 1 is 1.08 bits per heavy atom. The molecule has 1 aromatic carbocycles. The number of esters is 1. The number of fused-ring (bicyclic) bond motifs is 1. The van der Waals surface area contributed by atoms with E-state index in [0.29, 0.717) is 10.1 Å². The van der Waals surface area contributed by atoms with E-state index in [-0.39, 0.29) is 17.3 Å². The first-order chi connectivity index (χ1) is 11.4. The zero-order valence-corrected chi connectivity index (χ0v) is 12.1. The molecule has 0 atom stereocenters. The third kappa shape index (κ3) is 2.98. The molecule has 0 radical (unpaired) electrons. The maximum Gasteiger partial charge on any atom is 0.453 e. The minimum absolute atomic E-state index is 0.0595. The van der Waals surface area contributed by atoms with Crippen molar-refractivity contribution in [3.63, 3.8) is 0 Å². The number of methoxy groups -OCH3 is 1. The fourth-order valence-electron chi connectivity index (χ4n) is 1.90. The van der Waals surface area contributed by atoms with Gasteiger partial charge in [-0.2, -0.15) is 17.7 Å². The van der Waals surface area contributed by atoms with Crippen molar-refractivity contribution in [2.75, 3.05) is 7.11 Å². The van der Waals surface area contributed by atoms with Crippen molar-refractivity contribution >= 4 is 11.6 Å². The first-order valence-corrected chi connectivity index (χ1v) is 6.54. The quantitative estimate of drug-likeness (QED) is 0.683. The summed E-state index contributed by atoms with van der Waals surface area (Å²) < 4.78 is 48.9. The predicted molar refractivity (Wildman–Crippen MR) is 73.6 cm³/mol. The summed E-state index contributed by atoms with van der Waals surface area (Å²) in [5.74, 6) is -1.56. The summed E-state index contributed by atoms with van der Waals surface area (Å²) in [6, 6.07) is 8.51. The first-order valence-electron chi connectivity index (χ1n) is 6.54. The number of nitrogens with zero attached hydrogens (tertiary/aromatic N) is 4. The highest BCUT2D eigenvalue weighted by atomic mass is 19.4. The summed E-state index contributed by atoms with van der Waals surface area (Å²) in [6.45, 7) is 0. The van der Waals surface area contributed by atoms with Crippen molar-refractivity contribution in [2.24, 2.45) is 0 Å². The molecule has 0 fully saturated rings. The molecule has 3 aromatic rings. The van der Waals surface area contributed by atoms with Crippen molar-refractivity contribution in [1.29, 1.82) is 0 Å². The number of carbonyl (C=O) groups excluding carboxylic acids is 1. The lowest BCUT2D eigenvalue weighted by atomic mass is 10.2. The van der Waals surface area contributed by atoms with Gasteiger partial charge in [0.05, 0.1) is 12.7 Å². The van der Waals surface area contributed by atoms with E-state index < -0.39 is 18.0 Å². The summed E-state index contributed by atoms with van der Waals surface area (Å²) >= 11 is 0. The third-order valence-electron chi connectivity index (χ3n) is 2.99. The average molecular weight is 338 g/mol. The van der Waals surface area contributed by atoms with E-state index in [1.807, 2.05) is 0 Å². The molecule has 0 aliphatic rings. The second-order valence-electron chi connectivity index (χ2n) is 4.58. The van der Waals surface area contributed by atoms with Crippen LogP contribution in [0.1, 0.15) is 16.2 Å². The van der Waals surface area contributed by atoms with Crippen LogP contribution in [0.2, 0.25) is 0 Å². The Balaban J connectivity index is 1.89. The smallest absolute Gasteiger partial charge is 0.453 e. The van der Waals surface area contributed by atoms with Crippen molar-refractivity contribution in [1.82, 2.24) is 19.8 Å². The van der Waals surface area contributed by atoms with Crippen LogP contribution in [-0.2, 0) is 10.9 Å². The van der Waals surface area contributed by atoms with Gasteiger partial charge in [-0.1, -0.05) is 0 Å². The third-order valence-corrected chi connectivity index (χ3v) is 2.99. The molecule has 124 valence electrons. The van der Waals surface area contributed by atoms with E-state index in [9.17, 15) is 18.0 Å². The Labute approximate surface area is 132 Å². The Kier molecular flexibility index (Phi) is 3.80. The van der Waals surface area contributed by atoms with Crippen molar-refractivity contribution < 1.29 is 27.4 Å². The molecular weight excluding hydrogens is 329 g/mol. The number of hydrogen-bond acceptors (Lipinski definition) is 6. The van der Waals surface area contributed by atoms with Crippen LogP contribution in [0, 0.1) is 0 Å². The van der Waals surface area contributed by atoms with Gasteiger partial charge in [0.15, 0.2) is 5.65 Å². The highest BCUT2D eigenvalue weighted by molar-refractivity contribution is 5.89. The maximum absolute atomic E-state index is 12.8. The van der Waals surface area contributed by atoms with Crippen molar-refractivity contribution in [3.8, 4) is 11.6 Å². The van der Waals surface area contributed by atoms with Gasteiger partial charge in [0.1, 0.15) is 5.75 Å². The van der Waals surface area contributed by atoms with E-state index in [4.69, 9.17) is 4.74 Å². The van der Waals surface area contributed by atoms with Gasteiger partial charge in [-0.25, -0.2) is 4.79 Å². The summed E-state index contributed by atoms with van der Waals surface area (Å²) in [5.41, 5.74) is 0.252. The number of benzene rings is 1. The fraction of sp³-hybridized carbons (Fsp3) is 0.143. The molecular formula is C14H9F3N4O3. The van der Waals surface area contributed by atoms with Crippen molar-refractivity contribution in [2.45, 2.75) is 6.18 Å². The largest absolute Gasteiger partial charge is 0.465 e. The van der Waals surface area contributed by atoms with E-state index in [1.54, 1.807) is 0 Å². The van der Waals surface area contributed by atoms with E-state index in [2.05, 4.69) is 20.0 Å². The van der Waals surface area contributed by atoms with Gasteiger partial charge in [0.25, 0.3) is 5.82 Å². The molecule has 0 unspecified atom stereocenters. The molecule has 2 heterocycles. The minimum atomic E-state index is -4.69. The van der Waals surface area contributed by atoms with Crippen LogP contribution in [0.3, 0.4) is 0 Å². The monoisotopic (exact) mass is 338 g/mol. The molecule has 2 aromatic heterocycles. The number of hydrogen-bond donors (Lipinski definition) is 0. The maximum atomic E-state index is 12.8. The topological polar surface area (TPSA) is 78.6 Å². The lowest BCUT2D eigenvalue weighted by molar-refractivity contribution is -0.146. The number of ether oxygens (including phenoxy) is 2. The van der Waals surface area contributed by atoms with Crippen LogP contribution in [0.25, 0.3) is 5.65 Å². The lowest BCUT2D eigenvalue weighted by Crippen LogP contribution is -2.12. The molecule has 3 rings (SSSR count). The average Bonchev–Trinajstić information content (AvgIpc) is 2.98. The Morgan fingerprint density at radius 3 is 2.42 bits per heavy atom. The molecule has 0 aliphatic heterocycles. The highest BCUT2D eigenvalue weighted by Crippen LogP contribution is 2.28. The van der Waals surface area contributed by atoms with Crippen LogP contribution in [-0.4, -0.2) is 32.9 Å². The van der Waals surface area contributed by atoms with E-state index in [1.165, 1.54) is 43.5 Å². The van der Waals surface area contributed by atoms with Crippen LogP contribution in [0.15, 0.2) is 36.4 Å². The second kappa shape index (κ2) is 5.80. The molecule has 0 amide bonds. The molecule has 0 spiro atoms. The molecule has 24 heavy (non-hydrogen) atoms. The highest BCUT2D eigenvalue weighted by Gasteiger charge is 2.37. The normalized spacial score (nSPS) is 11.5. The molecule has 0 saturated heterocycles. The molecule has 7 nitrogen and oxygen atoms in total. The molecule has 0 N–H and O–H groups in total. The van der Waals surface area contributed by atoms with Crippen molar-refractivity contribution in [3.05, 3.63) is 47.8 Å². The summed E-state index contributed by atoms with van der Waals surface area (Å²) in [7, 11) is 1.25. The van der Waals surface area contributed by atoms with Crippen LogP contribution in [0.5, 0.6) is 11.6 Å². The van der Waals surface area contributed by atoms with Gasteiger partial charge in [-0.15, -0.1) is 15.3 Å². The van der Waals surface area contributed by atoms with Gasteiger partial charge in [0, 0.05) is 6.07 Å². The number of aromatic nitrogens is 4. The Hall–Kier alpha value is -3.17. The second-order valence-corrected chi connectivity index (χ2v) is 4.58. The Bertz CT molecular complexity index is 890. The molecule has 10 heteroatoms. The van der Waals surface area contributed by atoms with Gasteiger partial charge in [-0.05, 0) is 30.3 Å². The SMILES string of the molecule is COC(=O)c1ccc(Oc2ccc3nnc(C(F)(F)F)n3n2)cc1. The van der Waals surface area contributed by atoms with Gasteiger partial charge >= 0.3 is 12.1 Å². The molecule has 0 aliphatic carbocycles. The van der Waals surface area contributed by atoms with Crippen LogP contribution < -0.4 is 4.74 Å². The van der Waals surface area contributed by atoms with Gasteiger partial charge in [0.2, 0.25) is 5.88 Å². The van der Waals surface area contributed by atoms with Gasteiger partial charge < -0.3 is 9.47 Å². The van der Waals surface area contributed by atoms with Crippen LogP contribution in [0.4, 0.5) is 13.2 Å². The van der Waals surface area contributed by atoms with Crippen LogP contribution >= 0.6 is 0 Å². The Morgan fingerprint density at radius 2 is 1.79 bits per heavy atom.